The molecule has 0 heterocycles. The van der Waals surface area contributed by atoms with Gasteiger partial charge in [-0.15, -0.1) is 0 Å². The van der Waals surface area contributed by atoms with E-state index in [-0.39, 0.29) is 18.1 Å². The zero-order chi connectivity index (χ0) is 26.9. The Hall–Kier alpha value is -3.73. The number of hydrogen-bond acceptors (Lipinski definition) is 4. The van der Waals surface area contributed by atoms with Crippen molar-refractivity contribution in [1.29, 1.82) is 0 Å². The van der Waals surface area contributed by atoms with Gasteiger partial charge in [-0.3, -0.25) is 9.59 Å². The topological polar surface area (TPSA) is 72.2 Å². The molecule has 3 rings (SSSR count). The van der Waals surface area contributed by atoms with E-state index in [0.29, 0.717) is 16.3 Å². The van der Waals surface area contributed by atoms with Gasteiger partial charge >= 0.3 is 0 Å². The number of Topliss-reactive ketones (excluding diaryl/α,β-unsaturated/α-hetero) is 1. The summed E-state index contributed by atoms with van der Waals surface area (Å²) in [5.41, 5.74) is 12.2. The molecule has 5 heteroatoms. The molecule has 0 radical (unpaired) electrons. The van der Waals surface area contributed by atoms with E-state index in [1.807, 2.05) is 42.5 Å². The van der Waals surface area contributed by atoms with Gasteiger partial charge in [-0.2, -0.15) is 0 Å². The Labute approximate surface area is 224 Å². The first kappa shape index (κ1) is 27.9. The van der Waals surface area contributed by atoms with E-state index in [0.717, 1.165) is 16.7 Å². The molecular formula is C32H33ClN2O2. The number of benzene rings is 3. The molecule has 190 valence electrons. The van der Waals surface area contributed by atoms with E-state index in [4.69, 9.17) is 17.3 Å². The van der Waals surface area contributed by atoms with Crippen LogP contribution >= 0.6 is 11.6 Å². The minimum atomic E-state index is -0.659. The summed E-state index contributed by atoms with van der Waals surface area (Å²) in [7, 11) is 0. The first-order valence-corrected chi connectivity index (χ1v) is 12.5. The van der Waals surface area contributed by atoms with Crippen LogP contribution in [-0.4, -0.2) is 18.1 Å². The summed E-state index contributed by atoms with van der Waals surface area (Å²) in [5.74, 6) is -0.824. The normalized spacial score (nSPS) is 13.1. The molecule has 3 N–H and O–H groups in total. The number of carbonyl (C=O) groups excluding carboxylic acids is 2. The van der Waals surface area contributed by atoms with Gasteiger partial charge in [0, 0.05) is 16.8 Å². The summed E-state index contributed by atoms with van der Waals surface area (Å²) < 4.78 is 0. The van der Waals surface area contributed by atoms with Gasteiger partial charge in [0.15, 0.2) is 5.78 Å². The lowest BCUT2D eigenvalue weighted by molar-refractivity contribution is -0.119. The molecule has 3 aromatic rings. The van der Waals surface area contributed by atoms with Crippen LogP contribution in [0, 0.1) is 19.8 Å². The first-order valence-electron chi connectivity index (χ1n) is 12.1. The van der Waals surface area contributed by atoms with Crippen molar-refractivity contribution in [2.45, 2.75) is 26.8 Å². The molecule has 0 amide bonds. The van der Waals surface area contributed by atoms with E-state index in [1.165, 1.54) is 18.1 Å². The summed E-state index contributed by atoms with van der Waals surface area (Å²) in [6, 6.07) is 20.3. The summed E-state index contributed by atoms with van der Waals surface area (Å²) in [4.78, 5) is 25.6. The largest absolute Gasteiger partial charge is 0.399 e. The Morgan fingerprint density at radius 3 is 2.16 bits per heavy atom. The first-order chi connectivity index (χ1) is 17.6. The number of carbonyl (C=O) groups is 2. The second-order valence-electron chi connectivity index (χ2n) is 9.24. The van der Waals surface area contributed by atoms with Crippen LogP contribution in [0.4, 0.5) is 5.69 Å². The molecule has 0 aliphatic rings. The van der Waals surface area contributed by atoms with Crippen LogP contribution in [0.2, 0.25) is 5.02 Å². The van der Waals surface area contributed by atoms with Crippen molar-refractivity contribution >= 4 is 41.0 Å². The minimum Gasteiger partial charge on any atom is -0.399 e. The van der Waals surface area contributed by atoms with E-state index in [9.17, 15) is 9.59 Å². The van der Waals surface area contributed by atoms with Gasteiger partial charge in [0.05, 0.1) is 12.5 Å². The number of anilines is 1. The molecule has 0 spiro atoms. The molecule has 2 unspecified atom stereocenters. The molecule has 0 aliphatic carbocycles. The van der Waals surface area contributed by atoms with Gasteiger partial charge in [-0.25, -0.2) is 0 Å². The van der Waals surface area contributed by atoms with E-state index < -0.39 is 12.0 Å². The predicted molar refractivity (Wildman–Crippen MR) is 155 cm³/mol. The second-order valence-corrected chi connectivity index (χ2v) is 9.68. The maximum Gasteiger partial charge on any atom is 0.165 e. The van der Waals surface area contributed by atoms with E-state index in [2.05, 4.69) is 37.9 Å². The van der Waals surface area contributed by atoms with Gasteiger partial charge in [-0.1, -0.05) is 78.9 Å². The maximum absolute atomic E-state index is 13.7. The lowest BCUT2D eigenvalue weighted by atomic mass is 9.83. The van der Waals surface area contributed by atoms with Crippen molar-refractivity contribution in [3.8, 4) is 0 Å². The number of nitrogens with one attached hydrogen (secondary N) is 1. The van der Waals surface area contributed by atoms with E-state index in [1.54, 1.807) is 36.4 Å². The highest BCUT2D eigenvalue weighted by atomic mass is 35.5. The third-order valence-electron chi connectivity index (χ3n) is 6.24. The highest BCUT2D eigenvalue weighted by Crippen LogP contribution is 2.31. The smallest absolute Gasteiger partial charge is 0.165 e. The molecule has 0 bridgehead atoms. The molecule has 0 saturated carbocycles. The zero-order valence-corrected chi connectivity index (χ0v) is 22.3. The number of rotatable bonds is 11. The molecule has 2 atom stereocenters. The van der Waals surface area contributed by atoms with Crippen LogP contribution in [0.25, 0.3) is 12.2 Å². The lowest BCUT2D eigenvalue weighted by Crippen LogP contribution is -2.35. The van der Waals surface area contributed by atoms with Crippen molar-refractivity contribution in [1.82, 2.24) is 5.32 Å². The Morgan fingerprint density at radius 1 is 0.919 bits per heavy atom. The van der Waals surface area contributed by atoms with Crippen molar-refractivity contribution in [2.75, 3.05) is 12.3 Å². The van der Waals surface area contributed by atoms with Crippen LogP contribution in [-0.2, 0) is 9.59 Å². The van der Waals surface area contributed by atoms with Crippen molar-refractivity contribution in [3.63, 3.8) is 0 Å². The van der Waals surface area contributed by atoms with Gasteiger partial charge < -0.3 is 11.1 Å². The molecule has 37 heavy (non-hydrogen) atoms. The van der Waals surface area contributed by atoms with Crippen molar-refractivity contribution in [2.24, 2.45) is 5.92 Å². The summed E-state index contributed by atoms with van der Waals surface area (Å²) in [6.07, 6.45) is 7.16. The number of halogens is 1. The fourth-order valence-electron chi connectivity index (χ4n) is 3.98. The highest BCUT2D eigenvalue weighted by Gasteiger charge is 2.30. The van der Waals surface area contributed by atoms with Crippen molar-refractivity contribution in [3.05, 3.63) is 124 Å². The lowest BCUT2D eigenvalue weighted by Gasteiger charge is -2.27. The fourth-order valence-corrected chi connectivity index (χ4v) is 4.10. The predicted octanol–water partition coefficient (Wildman–Crippen LogP) is 6.93. The SMILES string of the molecule is C=C(/C=C/c1ccc(C)c(C)c1)C(C(=O)/C=C/c1ccc(N)cc1)C(NCC(C)=O)c1ccc(Cl)cc1. The average molecular weight is 513 g/mol. The van der Waals surface area contributed by atoms with E-state index >= 15 is 0 Å². The summed E-state index contributed by atoms with van der Waals surface area (Å²) >= 11 is 6.13. The third kappa shape index (κ3) is 8.14. The number of hydrogen-bond donors (Lipinski definition) is 2. The Bertz CT molecular complexity index is 1320. The maximum atomic E-state index is 13.7. The average Bonchev–Trinajstić information content (AvgIpc) is 2.87. The molecule has 0 aromatic heterocycles. The van der Waals surface area contributed by atoms with Gasteiger partial charge in [-0.05, 0) is 84.5 Å². The van der Waals surface area contributed by atoms with Crippen LogP contribution in [0.1, 0.15) is 40.8 Å². The highest BCUT2D eigenvalue weighted by molar-refractivity contribution is 6.30. The monoisotopic (exact) mass is 512 g/mol. The molecule has 0 fully saturated rings. The number of aryl methyl sites for hydroxylation is 2. The Kier molecular flexibility index (Phi) is 9.78. The minimum absolute atomic E-state index is 0.0288. The van der Waals surface area contributed by atoms with Crippen LogP contribution in [0.3, 0.4) is 0 Å². The molecule has 0 aliphatic heterocycles. The molecular weight excluding hydrogens is 480 g/mol. The molecule has 4 nitrogen and oxygen atoms in total. The number of nitrogens with two attached hydrogens (primary N) is 1. The third-order valence-corrected chi connectivity index (χ3v) is 6.49. The second kappa shape index (κ2) is 13.0. The molecule has 3 aromatic carbocycles. The number of allylic oxidation sites excluding steroid dienone is 2. The van der Waals surface area contributed by atoms with Crippen molar-refractivity contribution < 1.29 is 9.59 Å². The van der Waals surface area contributed by atoms with Crippen LogP contribution in [0.5, 0.6) is 0 Å². The van der Waals surface area contributed by atoms with Gasteiger partial charge in [0.2, 0.25) is 0 Å². The number of nitrogen functional groups attached to an aromatic ring is 1. The number of ketones is 2. The summed E-state index contributed by atoms with van der Waals surface area (Å²) in [5, 5.41) is 3.87. The summed E-state index contributed by atoms with van der Waals surface area (Å²) in [6.45, 7) is 10.0. The van der Waals surface area contributed by atoms with Gasteiger partial charge in [0.1, 0.15) is 5.78 Å². The Morgan fingerprint density at radius 2 is 1.54 bits per heavy atom. The zero-order valence-electron chi connectivity index (χ0n) is 21.5. The Balaban J connectivity index is 2.00. The van der Waals surface area contributed by atoms with Crippen LogP contribution in [0.15, 0.2) is 91.0 Å². The van der Waals surface area contributed by atoms with Crippen LogP contribution < -0.4 is 11.1 Å². The quantitative estimate of drug-likeness (QED) is 0.166. The standard InChI is InChI=1S/C32H33ClN2O2/c1-21-5-7-26(19-23(21)3)8-6-22(2)31(30(37)18-11-25-9-16-29(34)17-10-25)32(35-20-24(4)36)27-12-14-28(33)15-13-27/h5-19,31-32,35H,2,20,34H2,1,3-4H3/b8-6+,18-11+. The fraction of sp³-hybridized carbons (Fsp3) is 0.188. The van der Waals surface area contributed by atoms with Gasteiger partial charge in [0.25, 0.3) is 0 Å². The molecule has 0 saturated heterocycles.